The number of nitrogens with one attached hydrogen (secondary N) is 3. The van der Waals surface area contributed by atoms with Gasteiger partial charge < -0.3 is 20.3 Å². The summed E-state index contributed by atoms with van der Waals surface area (Å²) in [5.41, 5.74) is 5.92. The van der Waals surface area contributed by atoms with Crippen molar-refractivity contribution >= 4 is 16.8 Å². The van der Waals surface area contributed by atoms with E-state index in [2.05, 4.69) is 32.3 Å². The lowest BCUT2D eigenvalue weighted by Gasteiger charge is -2.44. The van der Waals surface area contributed by atoms with Gasteiger partial charge in [0.25, 0.3) is 0 Å². The van der Waals surface area contributed by atoms with E-state index < -0.39 is 5.82 Å². The quantitative estimate of drug-likeness (QED) is 0.290. The van der Waals surface area contributed by atoms with Gasteiger partial charge in [-0.25, -0.2) is 9.37 Å². The second-order valence-electron chi connectivity index (χ2n) is 10.6. The molecule has 0 aliphatic carbocycles. The molecule has 0 saturated carbocycles. The van der Waals surface area contributed by atoms with Crippen LogP contribution in [0.2, 0.25) is 0 Å². The van der Waals surface area contributed by atoms with E-state index in [-0.39, 0.29) is 17.7 Å². The van der Waals surface area contributed by atoms with Crippen molar-refractivity contribution < 1.29 is 14.3 Å². The molecule has 2 aliphatic heterocycles. The van der Waals surface area contributed by atoms with Gasteiger partial charge in [-0.15, -0.1) is 0 Å². The molecule has 0 unspecified atom stereocenters. The summed E-state index contributed by atoms with van der Waals surface area (Å²) in [6.07, 6.45) is 2.21. The number of likely N-dealkylation sites (tertiary alicyclic amines) is 1. The van der Waals surface area contributed by atoms with Crippen LogP contribution in [0.1, 0.15) is 37.2 Å². The third-order valence-corrected chi connectivity index (χ3v) is 8.10. The molecule has 0 bridgehead atoms. The predicted molar refractivity (Wildman–Crippen MR) is 148 cm³/mol. The molecular formula is C29H34FN7O2. The number of imidazole rings is 1. The molecule has 4 aromatic rings. The minimum Gasteiger partial charge on any atom is -0.505 e. The van der Waals surface area contributed by atoms with Crippen LogP contribution in [0.25, 0.3) is 33.5 Å². The Morgan fingerprint density at radius 2 is 2.05 bits per heavy atom. The summed E-state index contributed by atoms with van der Waals surface area (Å²) >= 11 is 0. The monoisotopic (exact) mass is 531 g/mol. The van der Waals surface area contributed by atoms with Gasteiger partial charge in [0.05, 0.1) is 22.9 Å². The zero-order valence-corrected chi connectivity index (χ0v) is 22.5. The number of hydrogen-bond acceptors (Lipinski definition) is 6. The maximum atomic E-state index is 14.2. The Morgan fingerprint density at radius 1 is 1.23 bits per heavy atom. The number of H-pyrrole nitrogens is 2. The number of rotatable bonds is 7. The summed E-state index contributed by atoms with van der Waals surface area (Å²) in [5.74, 6) is -0.123. The Hall–Kier alpha value is -3.76. The van der Waals surface area contributed by atoms with Crippen LogP contribution in [0.15, 0.2) is 30.3 Å². The summed E-state index contributed by atoms with van der Waals surface area (Å²) in [6.45, 7) is 7.11. The molecule has 10 heteroatoms. The van der Waals surface area contributed by atoms with Crippen LogP contribution in [0.5, 0.6) is 5.75 Å². The number of hydrogen-bond donors (Lipinski definition) is 4. The number of carbonyl (C=O) groups is 1. The molecule has 2 aromatic heterocycles. The minimum atomic E-state index is -0.640. The number of halogens is 1. The Balaban J connectivity index is 1.29. The van der Waals surface area contributed by atoms with E-state index in [1.165, 1.54) is 12.1 Å². The van der Waals surface area contributed by atoms with Crippen LogP contribution in [0.3, 0.4) is 0 Å². The van der Waals surface area contributed by atoms with Crippen molar-refractivity contribution in [2.24, 2.45) is 0 Å². The SMILES string of the molecule is CCCN1Cc2[nH]c(-c3n[nH]c4cc(-c5cc(F)c(O)cc5CC)ccc34)nc2C[C@H]1C(=O)N1CC(NC)C1. The van der Waals surface area contributed by atoms with Crippen LogP contribution in [0, 0.1) is 5.82 Å². The average molecular weight is 532 g/mol. The highest BCUT2D eigenvalue weighted by Gasteiger charge is 2.39. The molecule has 1 saturated heterocycles. The number of carbonyl (C=O) groups excluding carboxylic acids is 1. The van der Waals surface area contributed by atoms with Crippen molar-refractivity contribution in [1.29, 1.82) is 0 Å². The molecule has 2 aromatic carbocycles. The molecule has 0 spiro atoms. The van der Waals surface area contributed by atoms with E-state index in [1.807, 2.05) is 37.1 Å². The third-order valence-electron chi connectivity index (χ3n) is 8.10. The van der Waals surface area contributed by atoms with Gasteiger partial charge in [-0.2, -0.15) is 5.10 Å². The van der Waals surface area contributed by atoms with E-state index in [1.54, 1.807) is 0 Å². The number of phenolic OH excluding ortho intramolecular Hbond substituents is 1. The normalized spacial score (nSPS) is 17.9. The lowest BCUT2D eigenvalue weighted by atomic mass is 9.96. The lowest BCUT2D eigenvalue weighted by Crippen LogP contribution is -2.63. The van der Waals surface area contributed by atoms with Gasteiger partial charge in [-0.1, -0.05) is 19.9 Å². The number of amides is 1. The minimum absolute atomic E-state index is 0.181. The number of benzene rings is 2. The van der Waals surface area contributed by atoms with Gasteiger partial charge in [0, 0.05) is 37.5 Å². The first kappa shape index (κ1) is 25.5. The highest BCUT2D eigenvalue weighted by Crippen LogP contribution is 2.34. The van der Waals surface area contributed by atoms with Crippen LogP contribution in [-0.2, 0) is 24.2 Å². The highest BCUT2D eigenvalue weighted by atomic mass is 19.1. The van der Waals surface area contributed by atoms with Gasteiger partial charge in [0.15, 0.2) is 17.4 Å². The second-order valence-corrected chi connectivity index (χ2v) is 10.6. The molecular weight excluding hydrogens is 497 g/mol. The first-order valence-corrected chi connectivity index (χ1v) is 13.7. The number of aryl methyl sites for hydroxylation is 1. The molecule has 39 heavy (non-hydrogen) atoms. The number of likely N-dealkylation sites (N-methyl/N-ethyl adjacent to an activating group) is 1. The van der Waals surface area contributed by atoms with Crippen LogP contribution in [0.4, 0.5) is 4.39 Å². The lowest BCUT2D eigenvalue weighted by molar-refractivity contribution is -0.142. The molecule has 4 N–H and O–H groups in total. The Bertz CT molecular complexity index is 1540. The number of aromatic hydroxyl groups is 1. The molecule has 4 heterocycles. The van der Waals surface area contributed by atoms with Crippen molar-refractivity contribution in [3.8, 4) is 28.4 Å². The summed E-state index contributed by atoms with van der Waals surface area (Å²) in [5, 5.41) is 21.6. The largest absolute Gasteiger partial charge is 0.505 e. The molecule has 0 radical (unpaired) electrons. The number of phenols is 1. The van der Waals surface area contributed by atoms with Gasteiger partial charge in [-0.3, -0.25) is 14.8 Å². The summed E-state index contributed by atoms with van der Waals surface area (Å²) in [6, 6.07) is 8.89. The van der Waals surface area contributed by atoms with Crippen LogP contribution in [-0.4, -0.2) is 79.7 Å². The fraction of sp³-hybridized carbons (Fsp3) is 0.414. The van der Waals surface area contributed by atoms with Crippen LogP contribution >= 0.6 is 0 Å². The van der Waals surface area contributed by atoms with Crippen molar-refractivity contribution in [3.63, 3.8) is 0 Å². The zero-order chi connectivity index (χ0) is 27.3. The van der Waals surface area contributed by atoms with Crippen molar-refractivity contribution in [1.82, 2.24) is 35.3 Å². The van der Waals surface area contributed by atoms with E-state index in [0.717, 1.165) is 65.0 Å². The number of nitrogens with zero attached hydrogens (tertiary/aromatic N) is 4. The molecule has 2 aliphatic rings. The third kappa shape index (κ3) is 4.47. The summed E-state index contributed by atoms with van der Waals surface area (Å²) in [4.78, 5) is 25.9. The Labute approximate surface area is 226 Å². The van der Waals surface area contributed by atoms with Gasteiger partial charge in [0.1, 0.15) is 5.69 Å². The van der Waals surface area contributed by atoms with Gasteiger partial charge in [0.2, 0.25) is 5.91 Å². The highest BCUT2D eigenvalue weighted by molar-refractivity contribution is 5.94. The molecule has 1 fully saturated rings. The van der Waals surface area contributed by atoms with E-state index in [0.29, 0.717) is 36.9 Å². The molecule has 204 valence electrons. The average Bonchev–Trinajstić information content (AvgIpc) is 3.52. The fourth-order valence-corrected chi connectivity index (χ4v) is 5.83. The molecule has 6 rings (SSSR count). The Morgan fingerprint density at radius 3 is 2.79 bits per heavy atom. The Kier molecular flexibility index (Phi) is 6.60. The summed E-state index contributed by atoms with van der Waals surface area (Å²) < 4.78 is 14.2. The van der Waals surface area contributed by atoms with E-state index in [4.69, 9.17) is 4.98 Å². The topological polar surface area (TPSA) is 113 Å². The maximum absolute atomic E-state index is 14.2. The molecule has 1 amide bonds. The zero-order valence-electron chi connectivity index (χ0n) is 22.5. The standard InChI is InChI=1S/C29H34FN7O2/c1-4-8-36-15-24-23(12-25(36)29(39)37-13-18(14-37)31-3)32-28(33-24)27-19-7-6-17(9-22(19)34-35-27)20-11-21(30)26(38)10-16(20)5-2/h6-7,9-11,18,25,31,38H,4-5,8,12-15H2,1-3H3,(H,32,33)(H,34,35)/t25-/m0/s1. The first-order valence-electron chi connectivity index (χ1n) is 13.7. The van der Waals surface area contributed by atoms with E-state index in [9.17, 15) is 14.3 Å². The molecule has 9 nitrogen and oxygen atoms in total. The number of aromatic amines is 2. The number of fused-ring (bicyclic) bond motifs is 2. The van der Waals surface area contributed by atoms with Gasteiger partial charge >= 0.3 is 0 Å². The van der Waals surface area contributed by atoms with Crippen molar-refractivity contribution in [3.05, 3.63) is 53.1 Å². The maximum Gasteiger partial charge on any atom is 0.240 e. The first-order chi connectivity index (χ1) is 18.9. The molecule has 1 atom stereocenters. The van der Waals surface area contributed by atoms with Crippen LogP contribution < -0.4 is 5.32 Å². The number of aromatic nitrogens is 4. The van der Waals surface area contributed by atoms with Crippen molar-refractivity contribution in [2.75, 3.05) is 26.7 Å². The van der Waals surface area contributed by atoms with Gasteiger partial charge in [-0.05, 0) is 67.4 Å². The fourth-order valence-electron chi connectivity index (χ4n) is 5.83. The summed E-state index contributed by atoms with van der Waals surface area (Å²) in [7, 11) is 1.93. The smallest absolute Gasteiger partial charge is 0.240 e. The predicted octanol–water partition coefficient (Wildman–Crippen LogP) is 3.59. The van der Waals surface area contributed by atoms with E-state index >= 15 is 0 Å². The van der Waals surface area contributed by atoms with Crippen molar-refractivity contribution in [2.45, 2.75) is 51.7 Å². The second kappa shape index (κ2) is 10.1.